The molecule has 2 saturated heterocycles. The SMILES string of the molecule is CN=CC(Cc1ccc(N2CCCN(C)CC2)cc1)NC(=O)C1NC2CCC1C2. The van der Waals surface area contributed by atoms with E-state index in [1.807, 2.05) is 6.21 Å². The minimum absolute atomic E-state index is 0.0231. The third-order valence-corrected chi connectivity index (χ3v) is 6.78. The number of nitrogens with zero attached hydrogens (tertiary/aromatic N) is 3. The van der Waals surface area contributed by atoms with Crippen LogP contribution in [0.3, 0.4) is 0 Å². The topological polar surface area (TPSA) is 60.0 Å². The molecule has 6 nitrogen and oxygen atoms in total. The molecule has 29 heavy (non-hydrogen) atoms. The number of hydrogen-bond donors (Lipinski definition) is 2. The second-order valence-electron chi connectivity index (χ2n) is 8.95. The van der Waals surface area contributed by atoms with Gasteiger partial charge in [0.1, 0.15) is 0 Å². The monoisotopic (exact) mass is 397 g/mol. The summed E-state index contributed by atoms with van der Waals surface area (Å²) >= 11 is 0. The third kappa shape index (κ3) is 4.98. The molecule has 158 valence electrons. The molecule has 2 N–H and O–H groups in total. The summed E-state index contributed by atoms with van der Waals surface area (Å²) < 4.78 is 0. The molecule has 0 spiro atoms. The number of nitrogens with one attached hydrogen (secondary N) is 2. The molecule has 2 aliphatic heterocycles. The fourth-order valence-electron chi connectivity index (χ4n) is 5.15. The lowest BCUT2D eigenvalue weighted by atomic mass is 9.98. The average molecular weight is 398 g/mol. The van der Waals surface area contributed by atoms with Crippen LogP contribution in [0.15, 0.2) is 29.3 Å². The highest BCUT2D eigenvalue weighted by atomic mass is 16.2. The normalized spacial score (nSPS) is 28.6. The fraction of sp³-hybridized carbons (Fsp3) is 0.652. The first kappa shape index (κ1) is 20.4. The minimum Gasteiger partial charge on any atom is -0.370 e. The first-order valence-corrected chi connectivity index (χ1v) is 11.1. The lowest BCUT2D eigenvalue weighted by molar-refractivity contribution is -0.124. The highest BCUT2D eigenvalue weighted by Gasteiger charge is 2.42. The molecule has 4 unspecified atom stereocenters. The predicted octanol–water partition coefficient (Wildman–Crippen LogP) is 1.70. The zero-order chi connectivity index (χ0) is 20.2. The van der Waals surface area contributed by atoms with Crippen molar-refractivity contribution >= 4 is 17.8 Å². The Hall–Kier alpha value is -1.92. The van der Waals surface area contributed by atoms with Gasteiger partial charge in [0.25, 0.3) is 0 Å². The first-order chi connectivity index (χ1) is 14.1. The molecule has 3 fully saturated rings. The van der Waals surface area contributed by atoms with E-state index in [0.29, 0.717) is 12.0 Å². The Balaban J connectivity index is 1.35. The van der Waals surface area contributed by atoms with Gasteiger partial charge in [0.15, 0.2) is 0 Å². The highest BCUT2D eigenvalue weighted by molar-refractivity contribution is 5.86. The van der Waals surface area contributed by atoms with E-state index in [4.69, 9.17) is 0 Å². The number of likely N-dealkylation sites (N-methyl/N-ethyl adjacent to an activating group) is 1. The highest BCUT2D eigenvalue weighted by Crippen LogP contribution is 2.35. The minimum atomic E-state index is -0.0638. The largest absolute Gasteiger partial charge is 0.370 e. The Kier molecular flexibility index (Phi) is 6.50. The number of benzene rings is 1. The summed E-state index contributed by atoms with van der Waals surface area (Å²) in [4.78, 5) is 21.9. The molecule has 1 aliphatic carbocycles. The summed E-state index contributed by atoms with van der Waals surface area (Å²) in [5, 5.41) is 6.71. The third-order valence-electron chi connectivity index (χ3n) is 6.78. The van der Waals surface area contributed by atoms with Crippen LogP contribution in [-0.2, 0) is 11.2 Å². The van der Waals surface area contributed by atoms with Crippen LogP contribution in [-0.4, -0.2) is 75.4 Å². The van der Waals surface area contributed by atoms with Gasteiger partial charge >= 0.3 is 0 Å². The molecule has 4 atom stereocenters. The molecule has 0 radical (unpaired) electrons. The number of carbonyl (C=O) groups is 1. The molecule has 2 bridgehead atoms. The van der Waals surface area contributed by atoms with Gasteiger partial charge in [0, 0.05) is 44.6 Å². The number of anilines is 1. The number of amides is 1. The lowest BCUT2D eigenvalue weighted by Crippen LogP contribution is -2.51. The number of piperidine rings is 1. The van der Waals surface area contributed by atoms with E-state index in [1.54, 1.807) is 7.05 Å². The maximum atomic E-state index is 12.8. The van der Waals surface area contributed by atoms with E-state index >= 15 is 0 Å². The van der Waals surface area contributed by atoms with Gasteiger partial charge in [-0.3, -0.25) is 9.79 Å². The molecule has 1 amide bonds. The van der Waals surface area contributed by atoms with E-state index in [1.165, 1.54) is 37.1 Å². The Labute approximate surface area is 174 Å². The Morgan fingerprint density at radius 3 is 2.76 bits per heavy atom. The summed E-state index contributed by atoms with van der Waals surface area (Å²) in [6.45, 7) is 4.47. The second kappa shape index (κ2) is 9.26. The Morgan fingerprint density at radius 2 is 2.07 bits per heavy atom. The van der Waals surface area contributed by atoms with E-state index < -0.39 is 0 Å². The molecule has 1 aromatic carbocycles. The standard InChI is InChI=1S/C23H35N5O/c1-24-16-20(26-23(29)22-18-6-7-19(15-18)25-22)14-17-4-8-21(9-5-17)28-11-3-10-27(2)12-13-28/h4-5,8-9,16,18-20,22,25H,3,6-7,10-15H2,1-2H3,(H,26,29). The summed E-state index contributed by atoms with van der Waals surface area (Å²) in [5.74, 6) is 0.638. The van der Waals surface area contributed by atoms with Crippen molar-refractivity contribution in [2.45, 2.75) is 50.2 Å². The van der Waals surface area contributed by atoms with Gasteiger partial charge in [-0.15, -0.1) is 0 Å². The Bertz CT molecular complexity index is 718. The summed E-state index contributed by atoms with van der Waals surface area (Å²) in [6, 6.07) is 9.29. The lowest BCUT2D eigenvalue weighted by Gasteiger charge is -2.25. The number of aliphatic imine (C=N–C) groups is 1. The van der Waals surface area contributed by atoms with E-state index in [-0.39, 0.29) is 18.0 Å². The molecule has 1 aromatic rings. The molecule has 0 aromatic heterocycles. The first-order valence-electron chi connectivity index (χ1n) is 11.1. The zero-order valence-corrected chi connectivity index (χ0v) is 17.8. The predicted molar refractivity (Wildman–Crippen MR) is 119 cm³/mol. The van der Waals surface area contributed by atoms with Crippen LogP contribution in [0, 0.1) is 5.92 Å². The van der Waals surface area contributed by atoms with Crippen LogP contribution in [0.1, 0.15) is 31.2 Å². The summed E-state index contributed by atoms with van der Waals surface area (Å²) in [7, 11) is 3.97. The van der Waals surface area contributed by atoms with Gasteiger partial charge < -0.3 is 20.4 Å². The van der Waals surface area contributed by atoms with Crippen LogP contribution in [0.25, 0.3) is 0 Å². The Morgan fingerprint density at radius 1 is 1.24 bits per heavy atom. The van der Waals surface area contributed by atoms with Crippen molar-refractivity contribution in [3.8, 4) is 0 Å². The average Bonchev–Trinajstić information content (AvgIpc) is 3.29. The van der Waals surface area contributed by atoms with Gasteiger partial charge in [-0.05, 0) is 69.3 Å². The maximum Gasteiger partial charge on any atom is 0.237 e. The van der Waals surface area contributed by atoms with Crippen molar-refractivity contribution in [1.29, 1.82) is 0 Å². The van der Waals surface area contributed by atoms with Gasteiger partial charge in [-0.1, -0.05) is 12.1 Å². The van der Waals surface area contributed by atoms with Crippen LogP contribution in [0.4, 0.5) is 5.69 Å². The van der Waals surface area contributed by atoms with E-state index in [0.717, 1.165) is 32.5 Å². The van der Waals surface area contributed by atoms with Gasteiger partial charge in [0.2, 0.25) is 5.91 Å². The van der Waals surface area contributed by atoms with Crippen molar-refractivity contribution in [3.63, 3.8) is 0 Å². The van der Waals surface area contributed by atoms with Crippen molar-refractivity contribution in [3.05, 3.63) is 29.8 Å². The number of fused-ring (bicyclic) bond motifs is 2. The van der Waals surface area contributed by atoms with Crippen LogP contribution < -0.4 is 15.5 Å². The zero-order valence-electron chi connectivity index (χ0n) is 17.8. The van der Waals surface area contributed by atoms with Crippen molar-refractivity contribution in [1.82, 2.24) is 15.5 Å². The molecular weight excluding hydrogens is 362 g/mol. The molecule has 1 saturated carbocycles. The van der Waals surface area contributed by atoms with Crippen LogP contribution in [0.5, 0.6) is 0 Å². The maximum absolute atomic E-state index is 12.8. The van der Waals surface area contributed by atoms with E-state index in [2.05, 4.69) is 56.7 Å². The number of rotatable bonds is 6. The van der Waals surface area contributed by atoms with Gasteiger partial charge in [-0.2, -0.15) is 0 Å². The molecule has 6 heteroatoms. The van der Waals surface area contributed by atoms with Crippen molar-refractivity contribution in [2.75, 3.05) is 45.2 Å². The quantitative estimate of drug-likeness (QED) is 0.718. The molecule has 3 aliphatic rings. The van der Waals surface area contributed by atoms with Crippen LogP contribution >= 0.6 is 0 Å². The van der Waals surface area contributed by atoms with Gasteiger partial charge in [0.05, 0.1) is 12.1 Å². The summed E-state index contributed by atoms with van der Waals surface area (Å²) in [5.41, 5.74) is 2.52. The number of hydrogen-bond acceptors (Lipinski definition) is 5. The molecular formula is C23H35N5O. The van der Waals surface area contributed by atoms with Gasteiger partial charge in [-0.25, -0.2) is 0 Å². The second-order valence-corrected chi connectivity index (χ2v) is 8.95. The van der Waals surface area contributed by atoms with Crippen molar-refractivity contribution in [2.24, 2.45) is 10.9 Å². The van der Waals surface area contributed by atoms with Crippen LogP contribution in [0.2, 0.25) is 0 Å². The van der Waals surface area contributed by atoms with Crippen molar-refractivity contribution < 1.29 is 4.79 Å². The van der Waals surface area contributed by atoms with E-state index in [9.17, 15) is 4.79 Å². The fourth-order valence-corrected chi connectivity index (χ4v) is 5.15. The number of carbonyl (C=O) groups excluding carboxylic acids is 1. The molecule has 2 heterocycles. The molecule has 4 rings (SSSR count). The summed E-state index contributed by atoms with van der Waals surface area (Å²) in [6.07, 6.45) is 7.38. The smallest absolute Gasteiger partial charge is 0.237 e.